The summed E-state index contributed by atoms with van der Waals surface area (Å²) in [5, 5.41) is 0. The van der Waals surface area contributed by atoms with Gasteiger partial charge in [0.05, 0.1) is 5.69 Å². The minimum atomic E-state index is -3.91. The van der Waals surface area contributed by atoms with Gasteiger partial charge < -0.3 is 0 Å². The van der Waals surface area contributed by atoms with Gasteiger partial charge in [-0.05, 0) is 12.1 Å². The number of hydrogen-bond donors (Lipinski definition) is 1. The van der Waals surface area contributed by atoms with Crippen molar-refractivity contribution in [2.24, 2.45) is 0 Å². The number of alkyl halides is 3. The van der Waals surface area contributed by atoms with Crippen LogP contribution in [0.3, 0.4) is 0 Å². The highest BCUT2D eigenvalue weighted by molar-refractivity contribution is 8.16. The molecule has 0 bridgehead atoms. The van der Waals surface area contributed by atoms with Crippen molar-refractivity contribution in [1.29, 1.82) is 0 Å². The molecule has 1 rings (SSSR count). The topological polar surface area (TPSA) is 49.4 Å². The van der Waals surface area contributed by atoms with Gasteiger partial charge in [0.15, 0.2) is 0 Å². The van der Waals surface area contributed by atoms with Gasteiger partial charge in [-0.15, -0.1) is 0 Å². The molecular formula is C8H9Cl2FN2O2S2. The van der Waals surface area contributed by atoms with Gasteiger partial charge >= 0.3 is 14.1 Å². The summed E-state index contributed by atoms with van der Waals surface area (Å²) < 4.78 is 36.5. The number of para-hydroxylation sites is 1. The largest absolute Gasteiger partial charge is 0.324 e. The maximum atomic E-state index is 13.2. The molecule has 0 fully saturated rings. The second-order valence-corrected chi connectivity index (χ2v) is 7.56. The van der Waals surface area contributed by atoms with Crippen molar-refractivity contribution in [3.63, 3.8) is 0 Å². The quantitative estimate of drug-likeness (QED) is 0.670. The van der Waals surface area contributed by atoms with E-state index in [0.29, 0.717) is 3.71 Å². The second-order valence-electron chi connectivity index (χ2n) is 2.81. The van der Waals surface area contributed by atoms with E-state index in [9.17, 15) is 12.8 Å². The van der Waals surface area contributed by atoms with Gasteiger partial charge in [-0.2, -0.15) is 21.2 Å². The number of nitrogens with zero attached hydrogens (tertiary/aromatic N) is 1. The molecule has 0 radical (unpaired) electrons. The van der Waals surface area contributed by atoms with Gasteiger partial charge in [-0.1, -0.05) is 41.4 Å². The van der Waals surface area contributed by atoms with Crippen LogP contribution in [0.25, 0.3) is 0 Å². The molecule has 0 unspecified atom stereocenters. The number of halogens is 3. The van der Waals surface area contributed by atoms with E-state index < -0.39 is 14.1 Å². The number of nitrogens with one attached hydrogen (secondary N) is 1. The molecule has 0 aliphatic rings. The fourth-order valence-electron chi connectivity index (χ4n) is 0.967. The summed E-state index contributed by atoms with van der Waals surface area (Å²) in [6.45, 7) is 0. The minimum Gasteiger partial charge on any atom is -0.200 e. The monoisotopic (exact) mass is 318 g/mol. The molecule has 0 spiro atoms. The third-order valence-electron chi connectivity index (χ3n) is 1.63. The molecular weight excluding hydrogens is 310 g/mol. The zero-order valence-electron chi connectivity index (χ0n) is 8.60. The van der Waals surface area contributed by atoms with E-state index in [0.717, 1.165) is 0 Å². The Labute approximate surface area is 113 Å². The SMILES string of the molecule is CNS(=O)(=O)N(SC(F)(Cl)Cl)c1ccccc1. The van der Waals surface area contributed by atoms with Crippen molar-refractivity contribution >= 4 is 51.0 Å². The van der Waals surface area contributed by atoms with Crippen molar-refractivity contribution in [3.05, 3.63) is 30.3 Å². The third kappa shape index (κ3) is 4.51. The van der Waals surface area contributed by atoms with E-state index in [4.69, 9.17) is 23.2 Å². The summed E-state index contributed by atoms with van der Waals surface area (Å²) in [7, 11) is -2.71. The first kappa shape index (κ1) is 14.8. The van der Waals surface area contributed by atoms with E-state index in [-0.39, 0.29) is 17.6 Å². The predicted molar refractivity (Wildman–Crippen MR) is 70.0 cm³/mol. The maximum absolute atomic E-state index is 13.2. The van der Waals surface area contributed by atoms with Gasteiger partial charge in [0.25, 0.3) is 0 Å². The summed E-state index contributed by atoms with van der Waals surface area (Å²) >= 11 is 10.5. The van der Waals surface area contributed by atoms with E-state index in [1.54, 1.807) is 18.2 Å². The van der Waals surface area contributed by atoms with Crippen LogP contribution in [0.15, 0.2) is 30.3 Å². The highest BCUT2D eigenvalue weighted by Crippen LogP contribution is 2.41. The molecule has 0 aliphatic heterocycles. The molecule has 9 heteroatoms. The molecule has 1 aromatic rings. The summed E-state index contributed by atoms with van der Waals surface area (Å²) in [5.74, 6) is 0. The molecule has 0 heterocycles. The third-order valence-corrected chi connectivity index (χ3v) is 4.60. The van der Waals surface area contributed by atoms with Gasteiger partial charge in [-0.3, -0.25) is 0 Å². The number of anilines is 1. The van der Waals surface area contributed by atoms with Crippen LogP contribution in [0.2, 0.25) is 0 Å². The summed E-state index contributed by atoms with van der Waals surface area (Å²) in [6.07, 6.45) is 0. The fraction of sp³-hybridized carbons (Fsp3) is 0.250. The highest BCUT2D eigenvalue weighted by atomic mass is 35.5. The van der Waals surface area contributed by atoms with Crippen molar-refractivity contribution < 1.29 is 12.8 Å². The van der Waals surface area contributed by atoms with E-state index in [1.807, 2.05) is 0 Å². The van der Waals surface area contributed by atoms with Crippen LogP contribution in [0.5, 0.6) is 0 Å². The van der Waals surface area contributed by atoms with Gasteiger partial charge in [-0.25, -0.2) is 0 Å². The predicted octanol–water partition coefficient (Wildman–Crippen LogP) is 2.66. The van der Waals surface area contributed by atoms with Crippen LogP contribution in [-0.4, -0.2) is 19.4 Å². The summed E-state index contributed by atoms with van der Waals surface area (Å²) in [5.41, 5.74) is 0.232. The number of rotatable bonds is 5. The molecule has 17 heavy (non-hydrogen) atoms. The molecule has 1 N–H and O–H groups in total. The van der Waals surface area contributed by atoms with E-state index in [2.05, 4.69) is 4.72 Å². The second kappa shape index (κ2) is 5.62. The molecule has 96 valence electrons. The lowest BCUT2D eigenvalue weighted by atomic mass is 10.3. The zero-order valence-corrected chi connectivity index (χ0v) is 11.7. The molecule has 0 atom stereocenters. The van der Waals surface area contributed by atoms with Crippen molar-refractivity contribution in [2.75, 3.05) is 10.8 Å². The normalized spacial score (nSPS) is 12.5. The molecule has 0 saturated carbocycles. The Kier molecular flexibility index (Phi) is 4.91. The molecule has 0 amide bonds. The van der Waals surface area contributed by atoms with Gasteiger partial charge in [0.1, 0.15) is 0 Å². The van der Waals surface area contributed by atoms with Crippen LogP contribution in [0.4, 0.5) is 10.1 Å². The smallest absolute Gasteiger partial charge is 0.200 e. The molecule has 0 aromatic heterocycles. The molecule has 4 nitrogen and oxygen atoms in total. The van der Waals surface area contributed by atoms with E-state index in [1.165, 1.54) is 19.2 Å². The highest BCUT2D eigenvalue weighted by Gasteiger charge is 2.34. The van der Waals surface area contributed by atoms with Crippen LogP contribution in [-0.2, 0) is 10.2 Å². The number of benzene rings is 1. The van der Waals surface area contributed by atoms with Crippen LogP contribution in [0.1, 0.15) is 0 Å². The molecule has 0 saturated heterocycles. The standard InChI is InChI=1S/C8H9Cl2FN2O2S2/c1-12-17(14,15)13(16-8(9,10)11)7-5-3-2-4-6-7/h2-6,12H,1H3. The lowest BCUT2D eigenvalue weighted by Gasteiger charge is -2.24. The first-order valence-electron chi connectivity index (χ1n) is 4.31. The zero-order chi connectivity index (χ0) is 13.1. The Hall–Kier alpha value is -0.210. The van der Waals surface area contributed by atoms with Crippen LogP contribution >= 0.6 is 35.1 Å². The van der Waals surface area contributed by atoms with Crippen molar-refractivity contribution in [2.45, 2.75) is 3.92 Å². The Morgan fingerprint density at radius 3 is 2.29 bits per heavy atom. The molecule has 0 aliphatic carbocycles. The van der Waals surface area contributed by atoms with Crippen molar-refractivity contribution in [1.82, 2.24) is 4.72 Å². The van der Waals surface area contributed by atoms with Crippen molar-refractivity contribution in [3.8, 4) is 0 Å². The first-order valence-corrected chi connectivity index (χ1v) is 7.28. The summed E-state index contributed by atoms with van der Waals surface area (Å²) in [4.78, 5) is 0. The average Bonchev–Trinajstić information content (AvgIpc) is 2.26. The minimum absolute atomic E-state index is 0.134. The van der Waals surface area contributed by atoms with Gasteiger partial charge in [0.2, 0.25) is 0 Å². The summed E-state index contributed by atoms with van der Waals surface area (Å²) in [6, 6.07) is 7.89. The fourth-order valence-corrected chi connectivity index (χ4v) is 3.53. The lowest BCUT2D eigenvalue weighted by Crippen LogP contribution is -2.36. The number of hydrogen-bond acceptors (Lipinski definition) is 3. The maximum Gasteiger partial charge on any atom is 0.324 e. The van der Waals surface area contributed by atoms with Crippen LogP contribution < -0.4 is 8.43 Å². The Morgan fingerprint density at radius 1 is 1.35 bits per heavy atom. The van der Waals surface area contributed by atoms with Crippen LogP contribution in [0, 0.1) is 0 Å². The van der Waals surface area contributed by atoms with Gasteiger partial charge in [0, 0.05) is 19.0 Å². The van der Waals surface area contributed by atoms with E-state index >= 15 is 0 Å². The Balaban J connectivity index is 3.13. The first-order chi connectivity index (χ1) is 7.76. The lowest BCUT2D eigenvalue weighted by molar-refractivity contribution is 0.515. The molecule has 1 aromatic carbocycles. The Morgan fingerprint density at radius 2 is 1.88 bits per heavy atom. The average molecular weight is 319 g/mol. The Bertz CT molecular complexity index is 464.